The molecule has 0 radical (unpaired) electrons. The predicted molar refractivity (Wildman–Crippen MR) is 87.5 cm³/mol. The first-order valence-corrected chi connectivity index (χ1v) is 8.08. The van der Waals surface area contributed by atoms with E-state index in [1.807, 2.05) is 19.2 Å². The average Bonchev–Trinajstić information content (AvgIpc) is 2.99. The summed E-state index contributed by atoms with van der Waals surface area (Å²) >= 11 is 6.53. The van der Waals surface area contributed by atoms with Crippen LogP contribution >= 0.6 is 11.6 Å². The van der Waals surface area contributed by atoms with Gasteiger partial charge in [0.25, 0.3) is 0 Å². The number of hydrogen-bond donors (Lipinski definition) is 1. The van der Waals surface area contributed by atoms with Gasteiger partial charge in [-0.2, -0.15) is 0 Å². The quantitative estimate of drug-likeness (QED) is 0.833. The fourth-order valence-corrected chi connectivity index (χ4v) is 4.07. The van der Waals surface area contributed by atoms with Crippen molar-refractivity contribution in [2.45, 2.75) is 45.1 Å². The highest BCUT2D eigenvalue weighted by Crippen LogP contribution is 2.52. The maximum Gasteiger partial charge on any atom is 0.162 e. The van der Waals surface area contributed by atoms with Crippen molar-refractivity contribution in [3.63, 3.8) is 0 Å². The first-order chi connectivity index (χ1) is 10.1. The van der Waals surface area contributed by atoms with Crippen LogP contribution < -0.4 is 14.8 Å². The Bertz CT molecular complexity index is 484. The van der Waals surface area contributed by atoms with Gasteiger partial charge < -0.3 is 14.8 Å². The van der Waals surface area contributed by atoms with Crippen molar-refractivity contribution in [3.05, 3.63) is 22.7 Å². The van der Waals surface area contributed by atoms with Gasteiger partial charge in [-0.05, 0) is 43.4 Å². The minimum absolute atomic E-state index is 0.248. The molecular formula is C17H26ClNO2. The molecule has 1 saturated carbocycles. The number of nitrogens with one attached hydrogen (secondary N) is 1. The smallest absolute Gasteiger partial charge is 0.162 e. The van der Waals surface area contributed by atoms with E-state index in [-0.39, 0.29) is 11.5 Å². The normalized spacial score (nSPS) is 18.5. The zero-order chi connectivity index (χ0) is 15.5. The van der Waals surface area contributed by atoms with E-state index in [2.05, 4.69) is 12.2 Å². The summed E-state index contributed by atoms with van der Waals surface area (Å²) in [7, 11) is 5.32. The highest BCUT2D eigenvalue weighted by atomic mass is 35.5. The summed E-state index contributed by atoms with van der Waals surface area (Å²) in [5.41, 5.74) is 1.40. The van der Waals surface area contributed by atoms with Gasteiger partial charge in [0.15, 0.2) is 11.5 Å². The number of benzene rings is 1. The second-order valence-corrected chi connectivity index (χ2v) is 6.28. The van der Waals surface area contributed by atoms with Gasteiger partial charge in [0.2, 0.25) is 0 Å². The summed E-state index contributed by atoms with van der Waals surface area (Å²) in [5, 5.41) is 4.24. The van der Waals surface area contributed by atoms with Gasteiger partial charge in [-0.25, -0.2) is 0 Å². The van der Waals surface area contributed by atoms with E-state index in [0.717, 1.165) is 22.8 Å². The molecule has 0 saturated heterocycles. The first kappa shape index (κ1) is 16.4. The summed E-state index contributed by atoms with van der Waals surface area (Å²) in [6.45, 7) is 2.28. The number of ether oxygens (including phenoxy) is 2. The molecule has 4 heteroatoms. The van der Waals surface area contributed by atoms with E-state index in [4.69, 9.17) is 21.1 Å². The maximum absolute atomic E-state index is 6.53. The third kappa shape index (κ3) is 3.00. The van der Waals surface area contributed by atoms with Crippen molar-refractivity contribution >= 4 is 11.6 Å². The summed E-state index contributed by atoms with van der Waals surface area (Å²) in [6, 6.07) is 4.13. The molecule has 1 aromatic carbocycles. The lowest BCUT2D eigenvalue weighted by molar-refractivity contribution is 0.195. The van der Waals surface area contributed by atoms with Gasteiger partial charge >= 0.3 is 0 Å². The van der Waals surface area contributed by atoms with Crippen molar-refractivity contribution in [1.82, 2.24) is 5.32 Å². The molecule has 1 fully saturated rings. The van der Waals surface area contributed by atoms with Crippen LogP contribution in [-0.2, 0) is 0 Å². The zero-order valence-electron chi connectivity index (χ0n) is 13.5. The molecule has 0 aliphatic heterocycles. The Morgan fingerprint density at radius 3 is 2.24 bits per heavy atom. The number of methoxy groups -OCH3 is 2. The molecule has 0 amide bonds. The predicted octanol–water partition coefficient (Wildman–Crippen LogP) is 4.59. The molecule has 2 rings (SSSR count). The van der Waals surface area contributed by atoms with Crippen molar-refractivity contribution in [1.29, 1.82) is 0 Å². The van der Waals surface area contributed by atoms with Crippen molar-refractivity contribution in [2.24, 2.45) is 5.41 Å². The molecule has 0 heterocycles. The third-order valence-corrected chi connectivity index (χ3v) is 5.35. The van der Waals surface area contributed by atoms with Gasteiger partial charge in [-0.3, -0.25) is 0 Å². The molecule has 1 aliphatic carbocycles. The molecular weight excluding hydrogens is 286 g/mol. The maximum atomic E-state index is 6.53. The van der Waals surface area contributed by atoms with E-state index >= 15 is 0 Å². The largest absolute Gasteiger partial charge is 0.493 e. The molecule has 1 aromatic rings. The zero-order valence-corrected chi connectivity index (χ0v) is 14.2. The first-order valence-electron chi connectivity index (χ1n) is 7.70. The van der Waals surface area contributed by atoms with Crippen molar-refractivity contribution in [3.8, 4) is 11.5 Å². The van der Waals surface area contributed by atoms with Crippen LogP contribution in [0.25, 0.3) is 0 Å². The Morgan fingerprint density at radius 2 is 1.76 bits per heavy atom. The van der Waals surface area contributed by atoms with Crippen LogP contribution in [0.1, 0.15) is 50.6 Å². The Labute approximate surface area is 133 Å². The van der Waals surface area contributed by atoms with Gasteiger partial charge in [0, 0.05) is 17.1 Å². The Hall–Kier alpha value is -0.930. The van der Waals surface area contributed by atoms with Crippen LogP contribution in [0.3, 0.4) is 0 Å². The lowest BCUT2D eigenvalue weighted by Gasteiger charge is -2.38. The Morgan fingerprint density at radius 1 is 1.19 bits per heavy atom. The molecule has 21 heavy (non-hydrogen) atoms. The van der Waals surface area contributed by atoms with Gasteiger partial charge in [0.1, 0.15) is 0 Å². The lowest BCUT2D eigenvalue weighted by Crippen LogP contribution is -2.34. The number of hydrogen-bond acceptors (Lipinski definition) is 3. The van der Waals surface area contributed by atoms with E-state index in [1.165, 1.54) is 25.7 Å². The Balaban J connectivity index is 2.47. The molecule has 0 bridgehead atoms. The van der Waals surface area contributed by atoms with Crippen LogP contribution in [0.15, 0.2) is 12.1 Å². The van der Waals surface area contributed by atoms with Crippen LogP contribution in [0, 0.1) is 5.41 Å². The van der Waals surface area contributed by atoms with Crippen molar-refractivity contribution < 1.29 is 9.47 Å². The topological polar surface area (TPSA) is 30.5 Å². The fraction of sp³-hybridized carbons (Fsp3) is 0.647. The van der Waals surface area contributed by atoms with Crippen LogP contribution in [0.2, 0.25) is 5.02 Å². The van der Waals surface area contributed by atoms with E-state index in [0.29, 0.717) is 5.75 Å². The molecule has 118 valence electrons. The summed E-state index contributed by atoms with van der Waals surface area (Å²) in [6.07, 6.45) is 6.26. The summed E-state index contributed by atoms with van der Waals surface area (Å²) in [4.78, 5) is 0. The number of halogens is 1. The molecule has 0 aromatic heterocycles. The van der Waals surface area contributed by atoms with Gasteiger partial charge in [-0.15, -0.1) is 0 Å². The second-order valence-electron chi connectivity index (χ2n) is 5.87. The van der Waals surface area contributed by atoms with E-state index in [9.17, 15) is 0 Å². The standard InChI is InChI=1S/C17H26ClNO2/c1-5-17(8-6-7-9-17)16(19-2)12-10-14(20-3)15(21-4)11-13(12)18/h10-11,16,19H,5-9H2,1-4H3. The molecule has 0 spiro atoms. The molecule has 3 nitrogen and oxygen atoms in total. The SMILES string of the molecule is CCC1(C(NC)c2cc(OC)c(OC)cc2Cl)CCCC1. The number of rotatable bonds is 6. The van der Waals surface area contributed by atoms with Crippen LogP contribution in [0.4, 0.5) is 0 Å². The lowest BCUT2D eigenvalue weighted by atomic mass is 9.73. The molecule has 1 unspecified atom stereocenters. The average molecular weight is 312 g/mol. The second kappa shape index (κ2) is 6.89. The Kier molecular flexibility index (Phi) is 5.39. The van der Waals surface area contributed by atoms with E-state index < -0.39 is 0 Å². The van der Waals surface area contributed by atoms with Crippen molar-refractivity contribution in [2.75, 3.05) is 21.3 Å². The van der Waals surface area contributed by atoms with Crippen LogP contribution in [-0.4, -0.2) is 21.3 Å². The fourth-order valence-electron chi connectivity index (χ4n) is 3.81. The monoisotopic (exact) mass is 311 g/mol. The van der Waals surface area contributed by atoms with Crippen LogP contribution in [0.5, 0.6) is 11.5 Å². The highest BCUT2D eigenvalue weighted by Gasteiger charge is 2.40. The van der Waals surface area contributed by atoms with Gasteiger partial charge in [-0.1, -0.05) is 31.4 Å². The minimum Gasteiger partial charge on any atom is -0.493 e. The molecule has 1 atom stereocenters. The molecule has 1 aliphatic rings. The highest BCUT2D eigenvalue weighted by molar-refractivity contribution is 6.31. The minimum atomic E-state index is 0.248. The van der Waals surface area contributed by atoms with Gasteiger partial charge in [0.05, 0.1) is 14.2 Å². The van der Waals surface area contributed by atoms with E-state index in [1.54, 1.807) is 14.2 Å². The third-order valence-electron chi connectivity index (χ3n) is 5.02. The summed E-state index contributed by atoms with van der Waals surface area (Å²) < 4.78 is 10.8. The molecule has 1 N–H and O–H groups in total. The summed E-state index contributed by atoms with van der Waals surface area (Å²) in [5.74, 6) is 1.42.